The van der Waals surface area contributed by atoms with Crippen LogP contribution in [-0.2, 0) is 4.79 Å². The number of hydrogen-bond acceptors (Lipinski definition) is 3. The SMILES string of the molecule is CC(NC1CCCC1(C)CO)C(N)=O. The summed E-state index contributed by atoms with van der Waals surface area (Å²) in [5.41, 5.74) is 5.09. The van der Waals surface area contributed by atoms with Crippen LogP contribution in [0, 0.1) is 5.41 Å². The summed E-state index contributed by atoms with van der Waals surface area (Å²) >= 11 is 0. The van der Waals surface area contributed by atoms with Gasteiger partial charge >= 0.3 is 0 Å². The lowest BCUT2D eigenvalue weighted by Crippen LogP contribution is -2.50. The first-order valence-corrected chi connectivity index (χ1v) is 5.16. The predicted octanol–water partition coefficient (Wildman–Crippen LogP) is 0.000900. The lowest BCUT2D eigenvalue weighted by Gasteiger charge is -2.31. The lowest BCUT2D eigenvalue weighted by atomic mass is 9.85. The van der Waals surface area contributed by atoms with Gasteiger partial charge in [0.1, 0.15) is 0 Å². The van der Waals surface area contributed by atoms with E-state index in [0.717, 1.165) is 19.3 Å². The number of aliphatic hydroxyl groups is 1. The van der Waals surface area contributed by atoms with E-state index < -0.39 is 0 Å². The maximum Gasteiger partial charge on any atom is 0.234 e. The molecule has 4 N–H and O–H groups in total. The van der Waals surface area contributed by atoms with E-state index in [-0.39, 0.29) is 30.0 Å². The standard InChI is InChI=1S/C10H20N2O2/c1-7(9(11)14)12-8-4-3-5-10(8,2)6-13/h7-8,12-13H,3-6H2,1-2H3,(H2,11,14). The third-order valence-corrected chi connectivity index (χ3v) is 3.32. The number of rotatable bonds is 4. The van der Waals surface area contributed by atoms with Crippen molar-refractivity contribution in [1.29, 1.82) is 0 Å². The molecule has 0 aromatic heterocycles. The maximum absolute atomic E-state index is 10.9. The highest BCUT2D eigenvalue weighted by molar-refractivity contribution is 5.79. The van der Waals surface area contributed by atoms with E-state index in [2.05, 4.69) is 5.32 Å². The second kappa shape index (κ2) is 4.28. The van der Waals surface area contributed by atoms with E-state index in [1.807, 2.05) is 6.92 Å². The van der Waals surface area contributed by atoms with Gasteiger partial charge in [-0.05, 0) is 19.8 Å². The van der Waals surface area contributed by atoms with Gasteiger partial charge in [0.25, 0.3) is 0 Å². The van der Waals surface area contributed by atoms with Crippen molar-refractivity contribution in [2.24, 2.45) is 11.1 Å². The van der Waals surface area contributed by atoms with Crippen molar-refractivity contribution in [3.63, 3.8) is 0 Å². The van der Waals surface area contributed by atoms with Crippen molar-refractivity contribution in [1.82, 2.24) is 5.32 Å². The molecule has 0 saturated heterocycles. The highest BCUT2D eigenvalue weighted by Crippen LogP contribution is 2.37. The first-order valence-electron chi connectivity index (χ1n) is 5.16. The third kappa shape index (κ3) is 2.25. The van der Waals surface area contributed by atoms with Crippen LogP contribution >= 0.6 is 0 Å². The molecule has 0 heterocycles. The Labute approximate surface area is 84.9 Å². The molecule has 3 atom stereocenters. The number of primary amides is 1. The average molecular weight is 200 g/mol. The van der Waals surface area contributed by atoms with Gasteiger partial charge in [-0.15, -0.1) is 0 Å². The van der Waals surface area contributed by atoms with Gasteiger partial charge in [0.15, 0.2) is 0 Å². The minimum Gasteiger partial charge on any atom is -0.396 e. The zero-order chi connectivity index (χ0) is 10.8. The number of carbonyl (C=O) groups excluding carboxylic acids is 1. The molecule has 0 bridgehead atoms. The average Bonchev–Trinajstić information content (AvgIpc) is 2.49. The predicted molar refractivity (Wildman–Crippen MR) is 54.6 cm³/mol. The molecular formula is C10H20N2O2. The molecule has 1 amide bonds. The Bertz CT molecular complexity index is 220. The monoisotopic (exact) mass is 200 g/mol. The van der Waals surface area contributed by atoms with Crippen molar-refractivity contribution in [2.45, 2.75) is 45.2 Å². The molecule has 4 nitrogen and oxygen atoms in total. The highest BCUT2D eigenvalue weighted by atomic mass is 16.3. The van der Waals surface area contributed by atoms with Crippen LogP contribution in [0.1, 0.15) is 33.1 Å². The molecule has 14 heavy (non-hydrogen) atoms. The Morgan fingerprint density at radius 3 is 2.93 bits per heavy atom. The third-order valence-electron chi connectivity index (χ3n) is 3.32. The zero-order valence-corrected chi connectivity index (χ0v) is 8.92. The van der Waals surface area contributed by atoms with Crippen LogP contribution in [0.5, 0.6) is 0 Å². The van der Waals surface area contributed by atoms with Crippen molar-refractivity contribution in [3.8, 4) is 0 Å². The van der Waals surface area contributed by atoms with Gasteiger partial charge in [-0.2, -0.15) is 0 Å². The molecular weight excluding hydrogens is 180 g/mol. The summed E-state index contributed by atoms with van der Waals surface area (Å²) in [6.07, 6.45) is 3.11. The number of amides is 1. The highest BCUT2D eigenvalue weighted by Gasteiger charge is 2.38. The van der Waals surface area contributed by atoms with E-state index in [0.29, 0.717) is 0 Å². The Hall–Kier alpha value is -0.610. The number of aliphatic hydroxyl groups excluding tert-OH is 1. The molecule has 0 aliphatic heterocycles. The Balaban J connectivity index is 2.56. The van der Waals surface area contributed by atoms with Gasteiger partial charge in [0, 0.05) is 18.1 Å². The van der Waals surface area contributed by atoms with Gasteiger partial charge in [-0.25, -0.2) is 0 Å². The molecule has 1 fully saturated rings. The van der Waals surface area contributed by atoms with Gasteiger partial charge < -0.3 is 16.2 Å². The van der Waals surface area contributed by atoms with Crippen LogP contribution in [0.15, 0.2) is 0 Å². The summed E-state index contributed by atoms with van der Waals surface area (Å²) in [7, 11) is 0. The molecule has 4 heteroatoms. The molecule has 0 aromatic carbocycles. The zero-order valence-electron chi connectivity index (χ0n) is 8.92. The molecule has 3 unspecified atom stereocenters. The van der Waals surface area contributed by atoms with Crippen LogP contribution < -0.4 is 11.1 Å². The summed E-state index contributed by atoms with van der Waals surface area (Å²) in [5.74, 6) is -0.336. The van der Waals surface area contributed by atoms with Crippen molar-refractivity contribution in [3.05, 3.63) is 0 Å². The largest absolute Gasteiger partial charge is 0.396 e. The van der Waals surface area contributed by atoms with Crippen LogP contribution in [0.2, 0.25) is 0 Å². The topological polar surface area (TPSA) is 75.3 Å². The molecule has 1 aliphatic rings. The smallest absolute Gasteiger partial charge is 0.234 e. The van der Waals surface area contributed by atoms with Gasteiger partial charge in [-0.3, -0.25) is 4.79 Å². The molecule has 82 valence electrons. The molecule has 1 rings (SSSR count). The Morgan fingerprint density at radius 1 is 1.79 bits per heavy atom. The number of carbonyl (C=O) groups is 1. The van der Waals surface area contributed by atoms with Crippen LogP contribution in [-0.4, -0.2) is 29.7 Å². The van der Waals surface area contributed by atoms with E-state index in [1.54, 1.807) is 6.92 Å². The molecule has 1 aliphatic carbocycles. The van der Waals surface area contributed by atoms with Crippen molar-refractivity contribution in [2.75, 3.05) is 6.61 Å². The number of nitrogens with two attached hydrogens (primary N) is 1. The van der Waals surface area contributed by atoms with Gasteiger partial charge in [-0.1, -0.05) is 13.3 Å². The summed E-state index contributed by atoms with van der Waals surface area (Å²) in [6.45, 7) is 3.97. The van der Waals surface area contributed by atoms with Crippen LogP contribution in [0.25, 0.3) is 0 Å². The summed E-state index contributed by atoms with van der Waals surface area (Å²) in [4.78, 5) is 10.9. The maximum atomic E-state index is 10.9. The Kier molecular flexibility index (Phi) is 3.50. The van der Waals surface area contributed by atoms with Crippen LogP contribution in [0.3, 0.4) is 0 Å². The van der Waals surface area contributed by atoms with Gasteiger partial charge in [0.05, 0.1) is 6.04 Å². The number of nitrogens with one attached hydrogen (secondary N) is 1. The number of hydrogen-bond donors (Lipinski definition) is 3. The molecule has 0 radical (unpaired) electrons. The molecule has 1 saturated carbocycles. The minimum absolute atomic E-state index is 0.0935. The molecule has 0 aromatic rings. The van der Waals surface area contributed by atoms with E-state index in [9.17, 15) is 9.90 Å². The van der Waals surface area contributed by atoms with E-state index in [4.69, 9.17) is 5.73 Å². The van der Waals surface area contributed by atoms with Crippen molar-refractivity contribution < 1.29 is 9.90 Å². The normalized spacial score (nSPS) is 34.4. The second-order valence-corrected chi connectivity index (χ2v) is 4.55. The fraction of sp³-hybridized carbons (Fsp3) is 0.900. The lowest BCUT2D eigenvalue weighted by molar-refractivity contribution is -0.120. The van der Waals surface area contributed by atoms with E-state index >= 15 is 0 Å². The molecule has 0 spiro atoms. The van der Waals surface area contributed by atoms with Crippen molar-refractivity contribution >= 4 is 5.91 Å². The van der Waals surface area contributed by atoms with Gasteiger partial charge in [0.2, 0.25) is 5.91 Å². The minimum atomic E-state index is -0.336. The first kappa shape index (κ1) is 11.5. The summed E-state index contributed by atoms with van der Waals surface area (Å²) in [6, 6.07) is -0.112. The fourth-order valence-electron chi connectivity index (χ4n) is 2.09. The Morgan fingerprint density at radius 2 is 2.43 bits per heavy atom. The van der Waals surface area contributed by atoms with Crippen LogP contribution in [0.4, 0.5) is 0 Å². The quantitative estimate of drug-likeness (QED) is 0.598. The first-order chi connectivity index (χ1) is 6.49. The van der Waals surface area contributed by atoms with E-state index in [1.165, 1.54) is 0 Å². The second-order valence-electron chi connectivity index (χ2n) is 4.55. The summed E-state index contributed by atoms with van der Waals surface area (Å²) in [5, 5.41) is 12.5. The summed E-state index contributed by atoms with van der Waals surface area (Å²) < 4.78 is 0. The fourth-order valence-corrected chi connectivity index (χ4v) is 2.09.